The van der Waals surface area contributed by atoms with Crippen LogP contribution in [0, 0.1) is 0 Å². The second-order valence-corrected chi connectivity index (χ2v) is 5.91. The predicted molar refractivity (Wildman–Crippen MR) is 99.3 cm³/mol. The number of halogens is 1. The molecule has 2 rings (SSSR count). The third-order valence-corrected chi connectivity index (χ3v) is 4.06. The summed E-state index contributed by atoms with van der Waals surface area (Å²) in [5, 5.41) is 5.69. The first-order valence-electron chi connectivity index (χ1n) is 7.40. The van der Waals surface area contributed by atoms with E-state index >= 15 is 0 Å². The number of carbonyl (C=O) groups excluding carboxylic acids is 2. The van der Waals surface area contributed by atoms with E-state index in [2.05, 4.69) is 10.6 Å². The molecule has 23 heavy (non-hydrogen) atoms. The van der Waals surface area contributed by atoms with E-state index in [4.69, 9.17) is 0 Å². The standard InChI is InChI=1S/C18H19IN2O2/c19-12-17(22)21-16(11-14-7-3-1-4-8-14)18(23)20-13-15-9-5-2-6-10-15/h1-10,16H,11-13H2,(H,20,23)(H,21,22)/t16-/m0/s1. The van der Waals surface area contributed by atoms with E-state index in [1.165, 1.54) is 0 Å². The molecule has 0 saturated carbocycles. The summed E-state index contributed by atoms with van der Waals surface area (Å²) in [7, 11) is 0. The molecule has 0 bridgehead atoms. The fourth-order valence-corrected chi connectivity index (χ4v) is 2.42. The van der Waals surface area contributed by atoms with Crippen molar-refractivity contribution in [2.45, 2.75) is 19.0 Å². The van der Waals surface area contributed by atoms with Crippen molar-refractivity contribution in [3.63, 3.8) is 0 Å². The Morgan fingerprint density at radius 1 is 0.913 bits per heavy atom. The van der Waals surface area contributed by atoms with Gasteiger partial charge < -0.3 is 10.6 Å². The smallest absolute Gasteiger partial charge is 0.243 e. The Hall–Kier alpha value is -1.89. The van der Waals surface area contributed by atoms with Gasteiger partial charge in [0.25, 0.3) is 0 Å². The number of benzene rings is 2. The van der Waals surface area contributed by atoms with Gasteiger partial charge in [-0.1, -0.05) is 83.3 Å². The molecule has 0 aliphatic heterocycles. The highest BCUT2D eigenvalue weighted by Gasteiger charge is 2.20. The minimum atomic E-state index is -0.566. The zero-order valence-corrected chi connectivity index (χ0v) is 14.8. The zero-order chi connectivity index (χ0) is 16.5. The molecule has 0 aliphatic carbocycles. The molecule has 0 radical (unpaired) electrons. The Bertz CT molecular complexity index is 632. The number of nitrogens with one attached hydrogen (secondary N) is 2. The minimum Gasteiger partial charge on any atom is -0.350 e. The third kappa shape index (κ3) is 6.02. The number of rotatable bonds is 7. The number of hydrogen-bond donors (Lipinski definition) is 2. The quantitative estimate of drug-likeness (QED) is 0.532. The molecule has 0 fully saturated rings. The van der Waals surface area contributed by atoms with Crippen molar-refractivity contribution in [2.24, 2.45) is 0 Å². The maximum Gasteiger partial charge on any atom is 0.243 e. The van der Waals surface area contributed by atoms with Crippen LogP contribution >= 0.6 is 22.6 Å². The number of amides is 2. The fraction of sp³-hybridized carbons (Fsp3) is 0.222. The molecule has 120 valence electrons. The van der Waals surface area contributed by atoms with Gasteiger partial charge in [-0.05, 0) is 11.1 Å². The van der Waals surface area contributed by atoms with Gasteiger partial charge in [0.2, 0.25) is 11.8 Å². The lowest BCUT2D eigenvalue weighted by molar-refractivity contribution is -0.127. The highest BCUT2D eigenvalue weighted by molar-refractivity contribution is 14.1. The second-order valence-electron chi connectivity index (χ2n) is 5.15. The minimum absolute atomic E-state index is 0.138. The molecule has 0 aromatic heterocycles. The maximum absolute atomic E-state index is 12.4. The maximum atomic E-state index is 12.4. The molecule has 0 heterocycles. The van der Waals surface area contributed by atoms with Crippen LogP contribution in [0.15, 0.2) is 60.7 Å². The molecule has 0 saturated heterocycles. The molecule has 2 aromatic carbocycles. The summed E-state index contributed by atoms with van der Waals surface area (Å²) in [6, 6.07) is 18.8. The van der Waals surface area contributed by atoms with E-state index < -0.39 is 6.04 Å². The van der Waals surface area contributed by atoms with Crippen molar-refractivity contribution in [1.29, 1.82) is 0 Å². The predicted octanol–water partition coefficient (Wildman–Crippen LogP) is 2.47. The van der Waals surface area contributed by atoms with E-state index in [0.29, 0.717) is 17.4 Å². The molecule has 2 aromatic rings. The summed E-state index contributed by atoms with van der Waals surface area (Å²) in [4.78, 5) is 24.1. The molecule has 2 N–H and O–H groups in total. The Labute approximate surface area is 149 Å². The number of alkyl halides is 1. The number of carbonyl (C=O) groups is 2. The first-order chi connectivity index (χ1) is 11.2. The van der Waals surface area contributed by atoms with Crippen LogP contribution in [0.4, 0.5) is 0 Å². The van der Waals surface area contributed by atoms with E-state index in [1.54, 1.807) is 0 Å². The third-order valence-electron chi connectivity index (χ3n) is 3.37. The zero-order valence-electron chi connectivity index (χ0n) is 12.7. The van der Waals surface area contributed by atoms with Gasteiger partial charge in [0.1, 0.15) is 6.04 Å². The molecule has 4 nitrogen and oxygen atoms in total. The molecular weight excluding hydrogens is 403 g/mol. The van der Waals surface area contributed by atoms with Gasteiger partial charge in [0, 0.05) is 13.0 Å². The lowest BCUT2D eigenvalue weighted by Crippen LogP contribution is -2.48. The highest BCUT2D eigenvalue weighted by atomic mass is 127. The van der Waals surface area contributed by atoms with Gasteiger partial charge in [-0.15, -0.1) is 0 Å². The summed E-state index contributed by atoms with van der Waals surface area (Å²) in [5.74, 6) is -0.308. The van der Waals surface area contributed by atoms with Gasteiger partial charge in [-0.2, -0.15) is 0 Å². The van der Waals surface area contributed by atoms with Crippen LogP contribution in [0.25, 0.3) is 0 Å². The summed E-state index contributed by atoms with van der Waals surface area (Å²) in [6.07, 6.45) is 0.476. The van der Waals surface area contributed by atoms with Gasteiger partial charge in [-0.3, -0.25) is 9.59 Å². The van der Waals surface area contributed by atoms with Crippen LogP contribution in [-0.4, -0.2) is 22.3 Å². The van der Waals surface area contributed by atoms with Crippen LogP contribution in [0.1, 0.15) is 11.1 Å². The molecule has 0 spiro atoms. The molecule has 0 unspecified atom stereocenters. The van der Waals surface area contributed by atoms with Crippen LogP contribution in [0.3, 0.4) is 0 Å². The SMILES string of the molecule is O=C(CI)N[C@@H](Cc1ccccc1)C(=O)NCc1ccccc1. The van der Waals surface area contributed by atoms with Crippen molar-refractivity contribution in [3.8, 4) is 0 Å². The van der Waals surface area contributed by atoms with Crippen molar-refractivity contribution >= 4 is 34.4 Å². The average molecular weight is 422 g/mol. The van der Waals surface area contributed by atoms with Crippen molar-refractivity contribution in [3.05, 3.63) is 71.8 Å². The van der Waals surface area contributed by atoms with E-state index in [-0.39, 0.29) is 11.8 Å². The van der Waals surface area contributed by atoms with Crippen LogP contribution in [0.5, 0.6) is 0 Å². The molecular formula is C18H19IN2O2. The van der Waals surface area contributed by atoms with Crippen LogP contribution in [-0.2, 0) is 22.6 Å². The summed E-state index contributed by atoms with van der Waals surface area (Å²) < 4.78 is 0.328. The van der Waals surface area contributed by atoms with Gasteiger partial charge >= 0.3 is 0 Å². The summed E-state index contributed by atoms with van der Waals surface area (Å²) in [6.45, 7) is 0.449. The Balaban J connectivity index is 2.00. The molecule has 0 aliphatic rings. The van der Waals surface area contributed by atoms with Crippen molar-refractivity contribution in [1.82, 2.24) is 10.6 Å². The van der Waals surface area contributed by atoms with Crippen LogP contribution in [0.2, 0.25) is 0 Å². The van der Waals surface area contributed by atoms with E-state index in [1.807, 2.05) is 83.3 Å². The highest BCUT2D eigenvalue weighted by Crippen LogP contribution is 2.05. The monoisotopic (exact) mass is 422 g/mol. The van der Waals surface area contributed by atoms with Gasteiger partial charge in [0.15, 0.2) is 0 Å². The van der Waals surface area contributed by atoms with Crippen molar-refractivity contribution < 1.29 is 9.59 Å². The fourth-order valence-electron chi connectivity index (χ4n) is 2.20. The molecule has 2 amide bonds. The van der Waals surface area contributed by atoms with E-state index in [0.717, 1.165) is 11.1 Å². The second kappa shape index (κ2) is 9.29. The number of hydrogen-bond acceptors (Lipinski definition) is 2. The summed E-state index contributed by atoms with van der Waals surface area (Å²) >= 11 is 1.99. The van der Waals surface area contributed by atoms with E-state index in [9.17, 15) is 9.59 Å². The normalized spacial score (nSPS) is 11.5. The molecule has 5 heteroatoms. The van der Waals surface area contributed by atoms with Gasteiger partial charge in [0.05, 0.1) is 4.43 Å². The Kier molecular flexibility index (Phi) is 7.06. The largest absolute Gasteiger partial charge is 0.350 e. The average Bonchev–Trinajstić information content (AvgIpc) is 2.60. The van der Waals surface area contributed by atoms with Gasteiger partial charge in [-0.25, -0.2) is 0 Å². The topological polar surface area (TPSA) is 58.2 Å². The first-order valence-corrected chi connectivity index (χ1v) is 8.92. The van der Waals surface area contributed by atoms with Crippen molar-refractivity contribution in [2.75, 3.05) is 4.43 Å². The lowest BCUT2D eigenvalue weighted by atomic mass is 10.1. The Morgan fingerprint density at radius 3 is 2.04 bits per heavy atom. The Morgan fingerprint density at radius 2 is 1.48 bits per heavy atom. The first kappa shape index (κ1) is 17.5. The summed E-state index contributed by atoms with van der Waals surface area (Å²) in [5.41, 5.74) is 2.04. The van der Waals surface area contributed by atoms with Crippen LogP contribution < -0.4 is 10.6 Å². The lowest BCUT2D eigenvalue weighted by Gasteiger charge is -2.18. The molecule has 1 atom stereocenters.